The molecule has 2 rings (SSSR count). The molecule has 0 fully saturated rings. The molecule has 0 saturated heterocycles. The van der Waals surface area contributed by atoms with Crippen molar-refractivity contribution in [3.63, 3.8) is 0 Å². The molecule has 0 bridgehead atoms. The summed E-state index contributed by atoms with van der Waals surface area (Å²) in [6.45, 7) is 2.20. The van der Waals surface area contributed by atoms with Crippen LogP contribution in [0.3, 0.4) is 0 Å². The standard InChI is InChI=1S/C10H8BrIS/c1-2-7-8-5-6(12)3-4-9(8)13-10(7)11/h3-5H,2H2,1H3. The Morgan fingerprint density at radius 2 is 2.23 bits per heavy atom. The van der Waals surface area contributed by atoms with Gasteiger partial charge in [0.25, 0.3) is 0 Å². The van der Waals surface area contributed by atoms with Gasteiger partial charge in [0.1, 0.15) is 0 Å². The lowest BCUT2D eigenvalue weighted by molar-refractivity contribution is 1.16. The van der Waals surface area contributed by atoms with Crippen LogP contribution in [0.5, 0.6) is 0 Å². The van der Waals surface area contributed by atoms with Gasteiger partial charge in [0.15, 0.2) is 0 Å². The molecule has 0 unspecified atom stereocenters. The van der Waals surface area contributed by atoms with Gasteiger partial charge in [-0.25, -0.2) is 0 Å². The normalized spacial score (nSPS) is 11.0. The first-order valence-electron chi connectivity index (χ1n) is 4.08. The third-order valence-electron chi connectivity index (χ3n) is 2.06. The van der Waals surface area contributed by atoms with Gasteiger partial charge in [0, 0.05) is 8.27 Å². The number of aryl methyl sites for hydroxylation is 1. The fraction of sp³-hybridized carbons (Fsp3) is 0.200. The first-order chi connectivity index (χ1) is 6.22. The predicted molar refractivity (Wildman–Crippen MR) is 71.6 cm³/mol. The lowest BCUT2D eigenvalue weighted by Gasteiger charge is -1.95. The van der Waals surface area contributed by atoms with E-state index in [0.29, 0.717) is 0 Å². The molecular formula is C10H8BrIS. The lowest BCUT2D eigenvalue weighted by atomic mass is 10.1. The zero-order valence-corrected chi connectivity index (χ0v) is 11.7. The maximum Gasteiger partial charge on any atom is 0.0742 e. The third-order valence-corrected chi connectivity index (χ3v) is 4.69. The summed E-state index contributed by atoms with van der Waals surface area (Å²) in [7, 11) is 0. The number of hydrogen-bond acceptors (Lipinski definition) is 1. The summed E-state index contributed by atoms with van der Waals surface area (Å²) in [6, 6.07) is 6.62. The number of fused-ring (bicyclic) bond motifs is 1. The average Bonchev–Trinajstić information content (AvgIpc) is 2.40. The fourth-order valence-corrected chi connectivity index (χ4v) is 3.93. The van der Waals surface area contributed by atoms with E-state index in [1.807, 2.05) is 11.3 Å². The van der Waals surface area contributed by atoms with E-state index in [2.05, 4.69) is 63.6 Å². The molecule has 0 nitrogen and oxygen atoms in total. The number of thiophene rings is 1. The van der Waals surface area contributed by atoms with E-state index in [9.17, 15) is 0 Å². The molecule has 0 aliphatic heterocycles. The molecule has 3 heteroatoms. The molecule has 1 aromatic carbocycles. The van der Waals surface area contributed by atoms with Crippen molar-refractivity contribution < 1.29 is 0 Å². The minimum Gasteiger partial charge on any atom is -0.128 e. The SMILES string of the molecule is CCc1c(Br)sc2ccc(I)cc12. The Bertz CT molecular complexity index is 447. The minimum absolute atomic E-state index is 1.10. The second-order valence-electron chi connectivity index (χ2n) is 2.85. The van der Waals surface area contributed by atoms with Crippen molar-refractivity contribution in [2.24, 2.45) is 0 Å². The van der Waals surface area contributed by atoms with E-state index in [0.717, 1.165) is 6.42 Å². The van der Waals surface area contributed by atoms with Crippen molar-refractivity contribution in [3.8, 4) is 0 Å². The Hall–Kier alpha value is 0.390. The van der Waals surface area contributed by atoms with Crippen LogP contribution >= 0.6 is 49.9 Å². The molecule has 1 heterocycles. The topological polar surface area (TPSA) is 0 Å². The van der Waals surface area contributed by atoms with Crippen LogP contribution in [0.4, 0.5) is 0 Å². The summed E-state index contributed by atoms with van der Waals surface area (Å²) < 4.78 is 3.97. The first kappa shape index (κ1) is 9.93. The summed E-state index contributed by atoms with van der Waals surface area (Å²) in [4.78, 5) is 0. The zero-order valence-electron chi connectivity index (χ0n) is 7.10. The summed E-state index contributed by atoms with van der Waals surface area (Å²) in [5, 5.41) is 1.41. The minimum atomic E-state index is 1.10. The summed E-state index contributed by atoms with van der Waals surface area (Å²) in [5.74, 6) is 0. The van der Waals surface area contributed by atoms with Crippen molar-refractivity contribution in [3.05, 3.63) is 31.1 Å². The number of benzene rings is 1. The smallest absolute Gasteiger partial charge is 0.0742 e. The van der Waals surface area contributed by atoms with Crippen molar-refractivity contribution in [2.45, 2.75) is 13.3 Å². The number of hydrogen-bond donors (Lipinski definition) is 0. The molecule has 68 valence electrons. The van der Waals surface area contributed by atoms with Crippen molar-refractivity contribution in [2.75, 3.05) is 0 Å². The van der Waals surface area contributed by atoms with E-state index < -0.39 is 0 Å². The molecule has 13 heavy (non-hydrogen) atoms. The second kappa shape index (κ2) is 3.87. The third kappa shape index (κ3) is 1.78. The molecule has 1 aromatic heterocycles. The van der Waals surface area contributed by atoms with Gasteiger partial charge in [-0.2, -0.15) is 0 Å². The van der Waals surface area contributed by atoms with Crippen molar-refractivity contribution in [1.82, 2.24) is 0 Å². The van der Waals surface area contributed by atoms with Crippen LogP contribution < -0.4 is 0 Å². The van der Waals surface area contributed by atoms with Crippen molar-refractivity contribution >= 4 is 59.9 Å². The second-order valence-corrected chi connectivity index (χ2v) is 6.46. The average molecular weight is 367 g/mol. The van der Waals surface area contributed by atoms with Gasteiger partial charge in [-0.1, -0.05) is 6.92 Å². The van der Waals surface area contributed by atoms with Crippen LogP contribution in [-0.4, -0.2) is 0 Å². The Morgan fingerprint density at radius 1 is 1.46 bits per heavy atom. The predicted octanol–water partition coefficient (Wildman–Crippen LogP) is 4.83. The molecular weight excluding hydrogens is 359 g/mol. The van der Waals surface area contributed by atoms with Gasteiger partial charge in [-0.3, -0.25) is 0 Å². The maximum atomic E-state index is 3.61. The van der Waals surface area contributed by atoms with E-state index >= 15 is 0 Å². The number of halogens is 2. The highest BCUT2D eigenvalue weighted by molar-refractivity contribution is 14.1. The fourth-order valence-electron chi connectivity index (χ4n) is 1.42. The highest BCUT2D eigenvalue weighted by atomic mass is 127. The van der Waals surface area contributed by atoms with E-state index in [1.54, 1.807) is 0 Å². The molecule has 0 spiro atoms. The lowest BCUT2D eigenvalue weighted by Crippen LogP contribution is -1.77. The molecule has 2 aromatic rings. The van der Waals surface area contributed by atoms with E-state index in [-0.39, 0.29) is 0 Å². The van der Waals surface area contributed by atoms with E-state index in [1.165, 1.54) is 23.0 Å². The van der Waals surface area contributed by atoms with Gasteiger partial charge >= 0.3 is 0 Å². The molecule has 0 N–H and O–H groups in total. The maximum absolute atomic E-state index is 3.61. The van der Waals surface area contributed by atoms with Gasteiger partial charge in [-0.15, -0.1) is 11.3 Å². The van der Waals surface area contributed by atoms with Gasteiger partial charge in [-0.05, 0) is 74.1 Å². The quantitative estimate of drug-likeness (QED) is 0.634. The monoisotopic (exact) mass is 366 g/mol. The van der Waals surface area contributed by atoms with Crippen LogP contribution in [-0.2, 0) is 6.42 Å². The Balaban J connectivity index is 2.80. The van der Waals surface area contributed by atoms with Gasteiger partial charge in [0.2, 0.25) is 0 Å². The van der Waals surface area contributed by atoms with E-state index in [4.69, 9.17) is 0 Å². The molecule has 0 aliphatic carbocycles. The van der Waals surface area contributed by atoms with Crippen LogP contribution in [0.15, 0.2) is 22.0 Å². The zero-order chi connectivity index (χ0) is 9.42. The largest absolute Gasteiger partial charge is 0.128 e. The van der Waals surface area contributed by atoms with Crippen LogP contribution in [0.2, 0.25) is 0 Å². The Kier molecular flexibility index (Phi) is 2.95. The highest BCUT2D eigenvalue weighted by Gasteiger charge is 2.07. The summed E-state index contributed by atoms with van der Waals surface area (Å²) in [6.07, 6.45) is 1.10. The van der Waals surface area contributed by atoms with Crippen LogP contribution in [0, 0.1) is 3.57 Å². The van der Waals surface area contributed by atoms with Crippen LogP contribution in [0.1, 0.15) is 12.5 Å². The summed E-state index contributed by atoms with van der Waals surface area (Å²) in [5.41, 5.74) is 1.44. The van der Waals surface area contributed by atoms with Gasteiger partial charge in [0.05, 0.1) is 3.79 Å². The van der Waals surface area contributed by atoms with Gasteiger partial charge < -0.3 is 0 Å². The Morgan fingerprint density at radius 3 is 2.92 bits per heavy atom. The number of rotatable bonds is 1. The molecule has 0 aliphatic rings. The first-order valence-corrected chi connectivity index (χ1v) is 6.77. The summed E-state index contributed by atoms with van der Waals surface area (Å²) >= 11 is 7.80. The Labute approximate surface area is 104 Å². The molecule has 0 atom stereocenters. The molecule has 0 radical (unpaired) electrons. The molecule has 0 saturated carbocycles. The van der Waals surface area contributed by atoms with Crippen molar-refractivity contribution in [1.29, 1.82) is 0 Å². The highest BCUT2D eigenvalue weighted by Crippen LogP contribution is 2.36. The van der Waals surface area contributed by atoms with Crippen LogP contribution in [0.25, 0.3) is 10.1 Å². The molecule has 0 amide bonds.